The van der Waals surface area contributed by atoms with Crippen LogP contribution in [0.4, 0.5) is 4.79 Å². The number of benzene rings is 1. The van der Waals surface area contributed by atoms with E-state index in [0.29, 0.717) is 17.7 Å². The average molecular weight is 176 g/mol. The lowest BCUT2D eigenvalue weighted by Crippen LogP contribution is -2.04. The van der Waals surface area contributed by atoms with Crippen LogP contribution in [0, 0.1) is 12.3 Å². The molecule has 0 bridgehead atoms. The molecule has 3 nitrogen and oxygen atoms in total. The molecular formula is C10H8O3. The average Bonchev–Trinajstić information content (AvgIpc) is 2.08. The van der Waals surface area contributed by atoms with Gasteiger partial charge in [0.2, 0.25) is 0 Å². The Morgan fingerprint density at radius 3 is 2.85 bits per heavy atom. The number of carbonyl (C=O) groups is 1. The molecule has 3 heteroatoms. The zero-order chi connectivity index (χ0) is 9.68. The van der Waals surface area contributed by atoms with Gasteiger partial charge in [0.1, 0.15) is 5.75 Å². The molecule has 13 heavy (non-hydrogen) atoms. The van der Waals surface area contributed by atoms with Crippen LogP contribution in [0.1, 0.15) is 5.56 Å². The summed E-state index contributed by atoms with van der Waals surface area (Å²) >= 11 is 0. The molecule has 0 aliphatic rings. The monoisotopic (exact) mass is 176 g/mol. The van der Waals surface area contributed by atoms with Crippen LogP contribution in [0.25, 0.3) is 0 Å². The summed E-state index contributed by atoms with van der Waals surface area (Å²) < 4.78 is 4.52. The fourth-order valence-corrected chi connectivity index (χ4v) is 0.953. The molecule has 1 rings (SSSR count). The highest BCUT2D eigenvalue weighted by Gasteiger charge is 2.04. The molecule has 66 valence electrons. The van der Waals surface area contributed by atoms with Gasteiger partial charge in [0.15, 0.2) is 0 Å². The summed E-state index contributed by atoms with van der Waals surface area (Å²) in [7, 11) is 0. The third kappa shape index (κ3) is 2.53. The van der Waals surface area contributed by atoms with Gasteiger partial charge in [-0.2, -0.15) is 0 Å². The quantitative estimate of drug-likeness (QED) is 0.425. The molecule has 0 fully saturated rings. The maximum Gasteiger partial charge on any atom is 0.511 e. The van der Waals surface area contributed by atoms with E-state index in [0.717, 1.165) is 0 Å². The molecule has 0 atom stereocenters. The van der Waals surface area contributed by atoms with Crippen LogP contribution < -0.4 is 4.74 Å². The summed E-state index contributed by atoms with van der Waals surface area (Å²) in [5.74, 6) is 2.72. The van der Waals surface area contributed by atoms with Crippen molar-refractivity contribution < 1.29 is 14.6 Å². The Bertz CT molecular complexity index is 349. The summed E-state index contributed by atoms with van der Waals surface area (Å²) in [6, 6.07) is 6.78. The maximum atomic E-state index is 10.3. The molecule has 0 aliphatic heterocycles. The van der Waals surface area contributed by atoms with E-state index in [4.69, 9.17) is 11.5 Å². The van der Waals surface area contributed by atoms with Crippen LogP contribution in [-0.4, -0.2) is 11.3 Å². The van der Waals surface area contributed by atoms with Crippen molar-refractivity contribution in [3.63, 3.8) is 0 Å². The minimum absolute atomic E-state index is 0.299. The predicted octanol–water partition coefficient (Wildman–Crippen LogP) is 1.92. The van der Waals surface area contributed by atoms with E-state index in [2.05, 4.69) is 10.7 Å². The summed E-state index contributed by atoms with van der Waals surface area (Å²) in [6.45, 7) is 0. The van der Waals surface area contributed by atoms with Crippen molar-refractivity contribution in [3.8, 4) is 18.1 Å². The first-order valence-corrected chi connectivity index (χ1v) is 3.66. The van der Waals surface area contributed by atoms with Crippen molar-refractivity contribution in [2.45, 2.75) is 6.42 Å². The molecule has 0 amide bonds. The lowest BCUT2D eigenvalue weighted by atomic mass is 10.1. The Labute approximate surface area is 76.0 Å². The maximum absolute atomic E-state index is 10.3. The molecule has 0 spiro atoms. The van der Waals surface area contributed by atoms with Crippen molar-refractivity contribution in [2.75, 3.05) is 0 Å². The molecular weight excluding hydrogens is 168 g/mol. The third-order valence-electron chi connectivity index (χ3n) is 1.46. The number of para-hydroxylation sites is 1. The molecule has 1 aromatic carbocycles. The second kappa shape index (κ2) is 4.17. The Hall–Kier alpha value is -1.95. The fraction of sp³-hybridized carbons (Fsp3) is 0.100. The first-order chi connectivity index (χ1) is 6.24. The first kappa shape index (κ1) is 9.14. The summed E-state index contributed by atoms with van der Waals surface area (Å²) in [5, 5.41) is 8.39. The molecule has 1 N–H and O–H groups in total. The number of hydrogen-bond donors (Lipinski definition) is 1. The van der Waals surface area contributed by atoms with Crippen LogP contribution >= 0.6 is 0 Å². The molecule has 0 saturated heterocycles. The Morgan fingerprint density at radius 2 is 2.23 bits per heavy atom. The molecule has 1 aromatic rings. The number of carboxylic acid groups (broad SMARTS) is 1. The second-order valence-electron chi connectivity index (χ2n) is 2.36. The predicted molar refractivity (Wildman–Crippen MR) is 47.6 cm³/mol. The van der Waals surface area contributed by atoms with Gasteiger partial charge in [-0.15, -0.1) is 12.3 Å². The normalized spacial score (nSPS) is 8.85. The SMILES string of the molecule is C#CCc1ccccc1OC(=O)O. The summed E-state index contributed by atoms with van der Waals surface area (Å²) in [5.41, 5.74) is 0.701. The lowest BCUT2D eigenvalue weighted by molar-refractivity contribution is 0.144. The number of terminal acetylenes is 1. The van der Waals surface area contributed by atoms with Gasteiger partial charge in [0, 0.05) is 12.0 Å². The van der Waals surface area contributed by atoms with Crippen LogP contribution in [0.15, 0.2) is 24.3 Å². The lowest BCUT2D eigenvalue weighted by Gasteiger charge is -2.03. The van der Waals surface area contributed by atoms with Gasteiger partial charge in [-0.25, -0.2) is 4.79 Å². The van der Waals surface area contributed by atoms with E-state index >= 15 is 0 Å². The van der Waals surface area contributed by atoms with Crippen molar-refractivity contribution in [1.82, 2.24) is 0 Å². The highest BCUT2D eigenvalue weighted by atomic mass is 16.7. The fourth-order valence-electron chi connectivity index (χ4n) is 0.953. The number of ether oxygens (including phenoxy) is 1. The third-order valence-corrected chi connectivity index (χ3v) is 1.46. The largest absolute Gasteiger partial charge is 0.511 e. The summed E-state index contributed by atoms with van der Waals surface area (Å²) in [6.07, 6.45) is 4.14. The van der Waals surface area contributed by atoms with Crippen LogP contribution in [0.5, 0.6) is 5.75 Å². The zero-order valence-electron chi connectivity index (χ0n) is 6.86. The smallest absolute Gasteiger partial charge is 0.449 e. The highest BCUT2D eigenvalue weighted by Crippen LogP contribution is 2.17. The van der Waals surface area contributed by atoms with Crippen molar-refractivity contribution in [1.29, 1.82) is 0 Å². The van der Waals surface area contributed by atoms with Gasteiger partial charge >= 0.3 is 6.16 Å². The minimum atomic E-state index is -1.33. The number of rotatable bonds is 2. The topological polar surface area (TPSA) is 46.5 Å². The second-order valence-corrected chi connectivity index (χ2v) is 2.36. The Balaban J connectivity index is 2.92. The van der Waals surface area contributed by atoms with Crippen LogP contribution in [0.2, 0.25) is 0 Å². The van der Waals surface area contributed by atoms with Gasteiger partial charge in [-0.1, -0.05) is 18.2 Å². The molecule has 0 unspecified atom stereocenters. The van der Waals surface area contributed by atoms with Crippen LogP contribution in [0.3, 0.4) is 0 Å². The van der Waals surface area contributed by atoms with Crippen molar-refractivity contribution in [3.05, 3.63) is 29.8 Å². The molecule has 0 aromatic heterocycles. The van der Waals surface area contributed by atoms with Crippen molar-refractivity contribution >= 4 is 6.16 Å². The van der Waals surface area contributed by atoms with Gasteiger partial charge in [0.05, 0.1) is 0 Å². The molecule has 0 saturated carbocycles. The minimum Gasteiger partial charge on any atom is -0.449 e. The molecule has 0 radical (unpaired) electrons. The van der Waals surface area contributed by atoms with Crippen molar-refractivity contribution in [2.24, 2.45) is 0 Å². The van der Waals surface area contributed by atoms with E-state index in [9.17, 15) is 4.79 Å². The summed E-state index contributed by atoms with van der Waals surface area (Å²) in [4.78, 5) is 10.3. The molecule has 0 aliphatic carbocycles. The van der Waals surface area contributed by atoms with E-state index in [1.807, 2.05) is 0 Å². The highest BCUT2D eigenvalue weighted by molar-refractivity contribution is 5.62. The zero-order valence-corrected chi connectivity index (χ0v) is 6.86. The van der Waals surface area contributed by atoms with Gasteiger partial charge < -0.3 is 9.84 Å². The van der Waals surface area contributed by atoms with E-state index < -0.39 is 6.16 Å². The van der Waals surface area contributed by atoms with E-state index in [-0.39, 0.29) is 0 Å². The van der Waals surface area contributed by atoms with Gasteiger partial charge in [-0.05, 0) is 6.07 Å². The van der Waals surface area contributed by atoms with Gasteiger partial charge in [0.25, 0.3) is 0 Å². The van der Waals surface area contributed by atoms with Gasteiger partial charge in [-0.3, -0.25) is 0 Å². The van der Waals surface area contributed by atoms with Crippen LogP contribution in [-0.2, 0) is 6.42 Å². The van der Waals surface area contributed by atoms with E-state index in [1.165, 1.54) is 0 Å². The van der Waals surface area contributed by atoms with E-state index in [1.54, 1.807) is 24.3 Å². The Kier molecular flexibility index (Phi) is 2.93. The standard InChI is InChI=1S/C10H8O3/c1-2-5-8-6-3-4-7-9(8)13-10(11)12/h1,3-4,6-7H,5H2,(H,11,12). The molecule has 0 heterocycles. The number of hydrogen-bond acceptors (Lipinski definition) is 2. The first-order valence-electron chi connectivity index (χ1n) is 3.66. The Morgan fingerprint density at radius 1 is 1.54 bits per heavy atom.